The zero-order chi connectivity index (χ0) is 22.5. The third-order valence-electron chi connectivity index (χ3n) is 5.44. The Morgan fingerprint density at radius 3 is 2.78 bits per heavy atom. The van der Waals surface area contributed by atoms with Crippen LogP contribution in [0.5, 0.6) is 11.6 Å². The Morgan fingerprint density at radius 1 is 1.22 bits per heavy atom. The van der Waals surface area contributed by atoms with E-state index in [1.165, 1.54) is 12.1 Å². The molecule has 3 aromatic rings. The molecule has 4 rings (SSSR count). The van der Waals surface area contributed by atoms with Gasteiger partial charge in [0.05, 0.1) is 5.92 Å². The maximum absolute atomic E-state index is 13.2. The van der Waals surface area contributed by atoms with E-state index in [-0.39, 0.29) is 18.4 Å². The Balaban J connectivity index is 1.42. The van der Waals surface area contributed by atoms with Crippen molar-refractivity contribution in [1.82, 2.24) is 15.3 Å². The zero-order valence-electron chi connectivity index (χ0n) is 17.7. The smallest absolute Gasteiger partial charge is 0.263 e. The van der Waals surface area contributed by atoms with Gasteiger partial charge in [-0.2, -0.15) is 0 Å². The summed E-state index contributed by atoms with van der Waals surface area (Å²) < 4.78 is 19.2. The number of ether oxygens (including phenoxy) is 1. The quantitative estimate of drug-likeness (QED) is 0.573. The Hall–Kier alpha value is -3.19. The fraction of sp³-hybridized carbons (Fsp3) is 0.292. The lowest BCUT2D eigenvalue weighted by Crippen LogP contribution is -2.43. The van der Waals surface area contributed by atoms with Crippen molar-refractivity contribution in [3.63, 3.8) is 0 Å². The van der Waals surface area contributed by atoms with Gasteiger partial charge in [-0.05, 0) is 49.6 Å². The highest BCUT2D eigenvalue weighted by Gasteiger charge is 2.28. The molecule has 1 fully saturated rings. The first-order valence-electron chi connectivity index (χ1n) is 10.5. The van der Waals surface area contributed by atoms with Gasteiger partial charge in [0.15, 0.2) is 5.82 Å². The molecular formula is C24H24ClFN4O2. The monoisotopic (exact) mass is 454 g/mol. The molecule has 1 saturated heterocycles. The number of hydrogen-bond acceptors (Lipinski definition) is 5. The van der Waals surface area contributed by atoms with Crippen LogP contribution in [0.4, 0.5) is 10.2 Å². The molecule has 166 valence electrons. The minimum atomic E-state index is -0.402. The van der Waals surface area contributed by atoms with Crippen LogP contribution in [-0.4, -0.2) is 29.0 Å². The van der Waals surface area contributed by atoms with Crippen LogP contribution in [0.25, 0.3) is 0 Å². The number of carbonyl (C=O) groups is 1. The summed E-state index contributed by atoms with van der Waals surface area (Å²) in [7, 11) is 0. The maximum atomic E-state index is 13.2. The highest BCUT2D eigenvalue weighted by molar-refractivity contribution is 6.31. The van der Waals surface area contributed by atoms with E-state index >= 15 is 0 Å². The second-order valence-corrected chi connectivity index (χ2v) is 8.25. The molecule has 0 aliphatic carbocycles. The minimum Gasteiger partial charge on any atom is -0.436 e. The molecule has 1 aromatic heterocycles. The van der Waals surface area contributed by atoms with Gasteiger partial charge in [0.2, 0.25) is 5.91 Å². The molecule has 0 bridgehead atoms. The number of halogens is 2. The summed E-state index contributed by atoms with van der Waals surface area (Å²) >= 11 is 6.07. The summed E-state index contributed by atoms with van der Waals surface area (Å²) in [5.74, 6) is 1.03. The van der Waals surface area contributed by atoms with Gasteiger partial charge in [-0.25, -0.2) is 14.4 Å². The number of amides is 1. The summed E-state index contributed by atoms with van der Waals surface area (Å²) in [5.41, 5.74) is 1.82. The third kappa shape index (κ3) is 5.34. The second kappa shape index (κ2) is 9.96. The molecule has 2 heterocycles. The molecule has 1 amide bonds. The first kappa shape index (κ1) is 22.0. The van der Waals surface area contributed by atoms with Gasteiger partial charge >= 0.3 is 0 Å². The average Bonchev–Trinajstić information content (AvgIpc) is 2.80. The summed E-state index contributed by atoms with van der Waals surface area (Å²) in [6.07, 6.45) is 4.83. The van der Waals surface area contributed by atoms with Crippen molar-refractivity contribution in [2.75, 3.05) is 18.0 Å². The zero-order valence-corrected chi connectivity index (χ0v) is 18.5. The predicted octanol–water partition coefficient (Wildman–Crippen LogP) is 4.90. The Morgan fingerprint density at radius 2 is 2.00 bits per heavy atom. The molecule has 1 unspecified atom stereocenters. The molecule has 0 spiro atoms. The number of hydrogen-bond donors (Lipinski definition) is 1. The van der Waals surface area contributed by atoms with Crippen LogP contribution >= 0.6 is 11.6 Å². The molecule has 1 aliphatic heterocycles. The average molecular weight is 455 g/mol. The highest BCUT2D eigenvalue weighted by atomic mass is 35.5. The van der Waals surface area contributed by atoms with Gasteiger partial charge in [-0.3, -0.25) is 4.79 Å². The minimum absolute atomic E-state index is 0.0695. The van der Waals surface area contributed by atoms with E-state index in [1.54, 1.807) is 18.5 Å². The highest BCUT2D eigenvalue weighted by Crippen LogP contribution is 2.31. The van der Waals surface area contributed by atoms with Gasteiger partial charge < -0.3 is 15.0 Å². The number of piperidine rings is 1. The molecule has 8 heteroatoms. The number of carbonyl (C=O) groups excluding carboxylic acids is 1. The van der Waals surface area contributed by atoms with E-state index in [0.29, 0.717) is 34.6 Å². The number of rotatable bonds is 6. The number of aryl methyl sites for hydroxylation is 1. The predicted molar refractivity (Wildman–Crippen MR) is 121 cm³/mol. The first-order valence-corrected chi connectivity index (χ1v) is 10.9. The van der Waals surface area contributed by atoms with Crippen LogP contribution in [-0.2, 0) is 11.3 Å². The number of nitrogens with zero attached hydrogens (tertiary/aromatic N) is 3. The molecule has 1 aliphatic rings. The topological polar surface area (TPSA) is 67.4 Å². The Bertz CT molecular complexity index is 1090. The fourth-order valence-corrected chi connectivity index (χ4v) is 3.93. The van der Waals surface area contributed by atoms with Gasteiger partial charge in [0, 0.05) is 37.1 Å². The number of benzene rings is 2. The van der Waals surface area contributed by atoms with Gasteiger partial charge in [0.25, 0.3) is 5.88 Å². The van der Waals surface area contributed by atoms with Crippen molar-refractivity contribution in [2.24, 2.45) is 5.92 Å². The fourth-order valence-electron chi connectivity index (χ4n) is 3.70. The van der Waals surface area contributed by atoms with E-state index in [0.717, 1.165) is 24.9 Å². The summed E-state index contributed by atoms with van der Waals surface area (Å²) in [6, 6.07) is 11.9. The van der Waals surface area contributed by atoms with Crippen molar-refractivity contribution >= 4 is 23.3 Å². The van der Waals surface area contributed by atoms with Gasteiger partial charge in [-0.1, -0.05) is 35.4 Å². The number of anilines is 1. The van der Waals surface area contributed by atoms with E-state index in [2.05, 4.69) is 15.3 Å². The normalized spacial score (nSPS) is 16.0. The second-order valence-electron chi connectivity index (χ2n) is 7.84. The Labute approximate surface area is 191 Å². The molecular weight excluding hydrogens is 431 g/mol. The third-order valence-corrected chi connectivity index (χ3v) is 5.79. The van der Waals surface area contributed by atoms with Crippen LogP contribution in [0.3, 0.4) is 0 Å². The maximum Gasteiger partial charge on any atom is 0.263 e. The standard InChI is InChI=1S/C24H24ClFN4O2/c1-16-4-8-20(9-5-16)32-24-22(27-10-11-28-24)30-12-2-3-18(15-30)23(31)29-14-17-6-7-19(26)13-21(17)25/h4-11,13,18H,2-3,12,14-15H2,1H3,(H,29,31). The summed E-state index contributed by atoms with van der Waals surface area (Å²) in [5, 5.41) is 3.22. The lowest BCUT2D eigenvalue weighted by molar-refractivity contribution is -0.125. The van der Waals surface area contributed by atoms with E-state index in [9.17, 15) is 9.18 Å². The van der Waals surface area contributed by atoms with Gasteiger partial charge in [0.1, 0.15) is 11.6 Å². The molecule has 2 aromatic carbocycles. The molecule has 1 N–H and O–H groups in total. The van der Waals surface area contributed by atoms with Crippen molar-refractivity contribution in [3.05, 3.63) is 76.8 Å². The molecule has 6 nitrogen and oxygen atoms in total. The van der Waals surface area contributed by atoms with Crippen LogP contribution in [0.2, 0.25) is 5.02 Å². The largest absolute Gasteiger partial charge is 0.436 e. The van der Waals surface area contributed by atoms with Crippen LogP contribution in [0.1, 0.15) is 24.0 Å². The van der Waals surface area contributed by atoms with Crippen LogP contribution in [0, 0.1) is 18.7 Å². The molecule has 1 atom stereocenters. The lowest BCUT2D eigenvalue weighted by atomic mass is 9.97. The lowest BCUT2D eigenvalue weighted by Gasteiger charge is -2.33. The number of aromatic nitrogens is 2. The van der Waals surface area contributed by atoms with Crippen LogP contribution < -0.4 is 15.0 Å². The molecule has 32 heavy (non-hydrogen) atoms. The SMILES string of the molecule is Cc1ccc(Oc2nccnc2N2CCCC(C(=O)NCc3ccc(F)cc3Cl)C2)cc1. The van der Waals surface area contributed by atoms with Gasteiger partial charge in [-0.15, -0.1) is 0 Å². The Kier molecular flexibility index (Phi) is 6.85. The van der Waals surface area contributed by atoms with E-state index < -0.39 is 5.82 Å². The summed E-state index contributed by atoms with van der Waals surface area (Å²) in [4.78, 5) is 23.7. The van der Waals surface area contributed by atoms with E-state index in [1.807, 2.05) is 36.1 Å². The van der Waals surface area contributed by atoms with Crippen molar-refractivity contribution in [3.8, 4) is 11.6 Å². The first-order chi connectivity index (χ1) is 15.5. The van der Waals surface area contributed by atoms with E-state index in [4.69, 9.17) is 16.3 Å². The van der Waals surface area contributed by atoms with Crippen molar-refractivity contribution in [2.45, 2.75) is 26.3 Å². The van der Waals surface area contributed by atoms with Crippen molar-refractivity contribution in [1.29, 1.82) is 0 Å². The van der Waals surface area contributed by atoms with Crippen molar-refractivity contribution < 1.29 is 13.9 Å². The summed E-state index contributed by atoms with van der Waals surface area (Å²) in [6.45, 7) is 3.53. The van der Waals surface area contributed by atoms with Crippen LogP contribution in [0.15, 0.2) is 54.9 Å². The number of nitrogens with one attached hydrogen (secondary N) is 1. The molecule has 0 radical (unpaired) electrons. The molecule has 0 saturated carbocycles.